The van der Waals surface area contributed by atoms with Crippen LogP contribution in [0, 0.1) is 0 Å². The van der Waals surface area contributed by atoms with Crippen molar-refractivity contribution in [2.45, 2.75) is 57.4 Å². The van der Waals surface area contributed by atoms with Crippen LogP contribution in [-0.2, 0) is 40.0 Å². The number of methoxy groups -OCH3 is 1. The third-order valence-corrected chi connectivity index (χ3v) is 9.76. The smallest absolute Gasteiger partial charge is 0.355 e. The highest BCUT2D eigenvalue weighted by Crippen LogP contribution is 2.38. The van der Waals surface area contributed by atoms with E-state index in [0.717, 1.165) is 16.7 Å². The van der Waals surface area contributed by atoms with Crippen molar-refractivity contribution in [3.63, 3.8) is 0 Å². The Morgan fingerprint density at radius 1 is 0.792 bits per heavy atom. The number of ether oxygens (including phenoxy) is 4. The quantitative estimate of drug-likeness (QED) is 0.0700. The van der Waals surface area contributed by atoms with E-state index in [-0.39, 0.29) is 37.1 Å². The zero-order chi connectivity index (χ0) is 37.7. The van der Waals surface area contributed by atoms with Crippen molar-refractivity contribution >= 4 is 35.5 Å². The molecule has 0 radical (unpaired) electrons. The molecule has 0 bridgehead atoms. The average Bonchev–Trinajstić information content (AvgIpc) is 3.18. The van der Waals surface area contributed by atoms with Crippen LogP contribution in [0.5, 0.6) is 5.75 Å². The largest absolute Gasteiger partial charge is 0.497 e. The first-order valence-electron chi connectivity index (χ1n) is 17.4. The van der Waals surface area contributed by atoms with Crippen molar-refractivity contribution in [3.05, 3.63) is 149 Å². The van der Waals surface area contributed by atoms with Gasteiger partial charge < -0.3 is 24.3 Å². The fraction of sp³-hybridized carbons (Fsp3) is 0.286. The van der Waals surface area contributed by atoms with E-state index in [2.05, 4.69) is 5.32 Å². The average molecular weight is 737 g/mol. The Labute approximate surface area is 314 Å². The number of carbonyl (C=O) groups is 4. The summed E-state index contributed by atoms with van der Waals surface area (Å²) in [4.78, 5) is 55.6. The van der Waals surface area contributed by atoms with Crippen LogP contribution in [0.4, 0.5) is 0 Å². The summed E-state index contributed by atoms with van der Waals surface area (Å²) in [5.74, 6) is -1.14. The molecule has 0 spiro atoms. The number of β-lactam (4-membered cyclic amide) rings is 1. The Bertz CT molecular complexity index is 1830. The maximum atomic E-state index is 14.3. The third-order valence-electron chi connectivity index (χ3n) is 8.50. The Morgan fingerprint density at radius 2 is 1.36 bits per heavy atom. The zero-order valence-electron chi connectivity index (χ0n) is 30.2. The number of rotatable bonds is 17. The molecule has 0 aromatic heterocycles. The molecule has 1 saturated heterocycles. The second kappa shape index (κ2) is 18.9. The summed E-state index contributed by atoms with van der Waals surface area (Å²) in [6, 6.07) is 34.4. The molecule has 0 saturated carbocycles. The van der Waals surface area contributed by atoms with Crippen molar-refractivity contribution in [1.29, 1.82) is 0 Å². The fourth-order valence-corrected chi connectivity index (χ4v) is 7.14. The highest BCUT2D eigenvalue weighted by molar-refractivity contribution is 8.00. The van der Waals surface area contributed by atoms with E-state index < -0.39 is 41.4 Å². The number of likely N-dealkylation sites (tertiary alicyclic amines) is 1. The van der Waals surface area contributed by atoms with Gasteiger partial charge in [-0.1, -0.05) is 103 Å². The summed E-state index contributed by atoms with van der Waals surface area (Å²) in [5, 5.41) is 2.21. The predicted octanol–water partition coefficient (Wildman–Crippen LogP) is 6.92. The monoisotopic (exact) mass is 736 g/mol. The molecular formula is C42H44N2O8S. The number of allylic oxidation sites excluding steroid dienone is 1. The van der Waals surface area contributed by atoms with Crippen LogP contribution >= 0.6 is 11.8 Å². The number of carbonyl (C=O) groups excluding carboxylic acids is 4. The van der Waals surface area contributed by atoms with E-state index in [1.807, 2.05) is 78.9 Å². The number of nitrogens with one attached hydrogen (secondary N) is 1. The standard InChI is InChI=1S/C42H44N2O8S/c1-5-50-34(45)25-26-53-41-35(40(47)44(41)36(28(2)3)42(48)51-27-29-21-23-33(49-4)24-22-29)43-39(46)38(32-19-13-8-14-20-32)52-37(30-15-9-6-10-16-30)31-17-11-7-12-18-31/h6-24,35,37-38,41H,5,25-27H2,1-4H3,(H,43,46). The van der Waals surface area contributed by atoms with E-state index in [1.165, 1.54) is 16.7 Å². The Balaban J connectivity index is 1.40. The molecule has 3 atom stereocenters. The number of thioether (sulfide) groups is 1. The van der Waals surface area contributed by atoms with E-state index in [4.69, 9.17) is 18.9 Å². The lowest BCUT2D eigenvalue weighted by molar-refractivity contribution is -0.155. The molecular weight excluding hydrogens is 693 g/mol. The predicted molar refractivity (Wildman–Crippen MR) is 202 cm³/mol. The van der Waals surface area contributed by atoms with Gasteiger partial charge in [0.15, 0.2) is 6.10 Å². The van der Waals surface area contributed by atoms with Crippen LogP contribution in [0.3, 0.4) is 0 Å². The minimum absolute atomic E-state index is 0.0252. The van der Waals surface area contributed by atoms with Gasteiger partial charge in [0.25, 0.3) is 11.8 Å². The van der Waals surface area contributed by atoms with Crippen LogP contribution in [0.25, 0.3) is 0 Å². The summed E-state index contributed by atoms with van der Waals surface area (Å²) >= 11 is 1.27. The molecule has 1 N–H and O–H groups in total. The topological polar surface area (TPSA) is 120 Å². The van der Waals surface area contributed by atoms with Crippen molar-refractivity contribution < 1.29 is 38.1 Å². The number of hydrogen-bond acceptors (Lipinski definition) is 9. The van der Waals surface area contributed by atoms with Gasteiger partial charge in [0.2, 0.25) is 0 Å². The molecule has 53 heavy (non-hydrogen) atoms. The van der Waals surface area contributed by atoms with Gasteiger partial charge in [-0.25, -0.2) is 4.79 Å². The van der Waals surface area contributed by atoms with Gasteiger partial charge in [-0.3, -0.25) is 19.3 Å². The second-order valence-corrected chi connectivity index (χ2v) is 13.6. The van der Waals surface area contributed by atoms with Crippen molar-refractivity contribution in [3.8, 4) is 5.75 Å². The van der Waals surface area contributed by atoms with Gasteiger partial charge >= 0.3 is 11.9 Å². The summed E-state index contributed by atoms with van der Waals surface area (Å²) < 4.78 is 22.7. The number of esters is 2. The maximum absolute atomic E-state index is 14.3. The minimum Gasteiger partial charge on any atom is -0.497 e. The number of nitrogens with zero attached hydrogens (tertiary/aromatic N) is 1. The maximum Gasteiger partial charge on any atom is 0.355 e. The summed E-state index contributed by atoms with van der Waals surface area (Å²) in [5.41, 5.74) is 3.68. The highest BCUT2D eigenvalue weighted by Gasteiger charge is 2.52. The highest BCUT2D eigenvalue weighted by atomic mass is 32.2. The van der Waals surface area contributed by atoms with Crippen molar-refractivity contribution in [2.75, 3.05) is 19.5 Å². The minimum atomic E-state index is -1.11. The molecule has 10 nitrogen and oxygen atoms in total. The number of hydrogen-bond donors (Lipinski definition) is 1. The molecule has 0 aliphatic carbocycles. The van der Waals surface area contributed by atoms with Gasteiger partial charge in [-0.05, 0) is 60.7 Å². The summed E-state index contributed by atoms with van der Waals surface area (Å²) in [6.45, 7) is 5.38. The Kier molecular flexibility index (Phi) is 13.9. The lowest BCUT2D eigenvalue weighted by Crippen LogP contribution is -2.70. The van der Waals surface area contributed by atoms with Crippen LogP contribution in [0.1, 0.15) is 61.7 Å². The zero-order valence-corrected chi connectivity index (χ0v) is 31.0. The van der Waals surface area contributed by atoms with Crippen LogP contribution in [0.2, 0.25) is 0 Å². The first-order chi connectivity index (χ1) is 25.7. The number of benzene rings is 4. The molecule has 4 aromatic rings. The molecule has 1 fully saturated rings. The van der Waals surface area contributed by atoms with Crippen molar-refractivity contribution in [1.82, 2.24) is 10.2 Å². The van der Waals surface area contributed by atoms with Crippen LogP contribution in [-0.4, -0.2) is 59.5 Å². The van der Waals surface area contributed by atoms with E-state index in [0.29, 0.717) is 16.9 Å². The van der Waals surface area contributed by atoms with Gasteiger partial charge in [-0.15, -0.1) is 11.8 Å². The first kappa shape index (κ1) is 38.8. The van der Waals surface area contributed by atoms with Crippen LogP contribution in [0.15, 0.2) is 127 Å². The molecule has 11 heteroatoms. The number of amides is 2. The van der Waals surface area contributed by atoms with Gasteiger partial charge in [0.05, 0.1) is 20.1 Å². The van der Waals surface area contributed by atoms with Gasteiger partial charge in [0, 0.05) is 5.75 Å². The molecule has 2 amide bonds. The SMILES string of the molecule is CCOC(=O)CCSC1C(NC(=O)C(OC(c2ccccc2)c2ccccc2)c2ccccc2)C(=O)N1C(C(=O)OCc1ccc(OC)cc1)=C(C)C. The van der Waals surface area contributed by atoms with Gasteiger partial charge in [-0.2, -0.15) is 0 Å². The second-order valence-electron chi connectivity index (χ2n) is 12.4. The third kappa shape index (κ3) is 9.94. The van der Waals surface area contributed by atoms with E-state index in [1.54, 1.807) is 64.3 Å². The molecule has 3 unspecified atom stereocenters. The molecule has 4 aromatic carbocycles. The Morgan fingerprint density at radius 3 is 1.89 bits per heavy atom. The van der Waals surface area contributed by atoms with Gasteiger partial charge in [0.1, 0.15) is 35.6 Å². The molecule has 1 aliphatic heterocycles. The van der Waals surface area contributed by atoms with Crippen molar-refractivity contribution in [2.24, 2.45) is 0 Å². The summed E-state index contributed by atoms with van der Waals surface area (Å²) in [6.07, 6.45) is -1.63. The lowest BCUT2D eigenvalue weighted by Gasteiger charge is -2.47. The first-order valence-corrected chi connectivity index (χ1v) is 18.4. The van der Waals surface area contributed by atoms with E-state index >= 15 is 0 Å². The Hall–Kier alpha value is -5.39. The van der Waals surface area contributed by atoms with Crippen LogP contribution < -0.4 is 10.1 Å². The molecule has 1 heterocycles. The molecule has 5 rings (SSSR count). The molecule has 1 aliphatic rings. The fourth-order valence-electron chi connectivity index (χ4n) is 5.87. The molecule has 276 valence electrons. The van der Waals surface area contributed by atoms with E-state index in [9.17, 15) is 19.2 Å². The normalized spacial score (nSPS) is 15.6. The summed E-state index contributed by atoms with van der Waals surface area (Å²) in [7, 11) is 1.57. The lowest BCUT2D eigenvalue weighted by atomic mass is 9.99.